The Morgan fingerprint density at radius 1 is 1.38 bits per heavy atom. The van der Waals surface area contributed by atoms with Crippen molar-refractivity contribution >= 4 is 23.4 Å². The van der Waals surface area contributed by atoms with Gasteiger partial charge in [-0.05, 0) is 55.7 Å². The smallest absolute Gasteiger partial charge is 0.325 e. The van der Waals surface area contributed by atoms with Gasteiger partial charge in [0.1, 0.15) is 0 Å². The molecule has 1 fully saturated rings. The van der Waals surface area contributed by atoms with Crippen molar-refractivity contribution in [1.29, 1.82) is 0 Å². The minimum absolute atomic E-state index is 0.0147. The predicted octanol–water partition coefficient (Wildman–Crippen LogP) is 3.63. The normalized spacial score (nSPS) is 18.7. The van der Waals surface area contributed by atoms with Gasteiger partial charge in [-0.3, -0.25) is 4.79 Å². The van der Waals surface area contributed by atoms with E-state index in [9.17, 15) is 18.0 Å². The number of amides is 1. The van der Waals surface area contributed by atoms with Crippen molar-refractivity contribution < 1.29 is 18.0 Å². The highest BCUT2D eigenvalue weighted by atomic mass is 32.2. The number of hydrogen-bond donors (Lipinski definition) is 2. The van der Waals surface area contributed by atoms with Crippen LogP contribution in [0.3, 0.4) is 0 Å². The van der Waals surface area contributed by atoms with Gasteiger partial charge in [-0.15, -0.1) is 0 Å². The van der Waals surface area contributed by atoms with Crippen LogP contribution in [0.1, 0.15) is 19.3 Å². The maximum atomic E-state index is 12.5. The van der Waals surface area contributed by atoms with Gasteiger partial charge in [-0.1, -0.05) is 12.1 Å². The fraction of sp³-hybridized carbons (Fsp3) is 0.500. The predicted molar refractivity (Wildman–Crippen MR) is 77.2 cm³/mol. The van der Waals surface area contributed by atoms with E-state index in [2.05, 4.69) is 10.6 Å². The number of thioether (sulfide) groups is 1. The first-order valence-corrected chi connectivity index (χ1v) is 7.61. The molecule has 1 aliphatic rings. The number of rotatable bonds is 5. The molecule has 7 heteroatoms. The molecule has 2 N–H and O–H groups in total. The summed E-state index contributed by atoms with van der Waals surface area (Å²) in [5.74, 6) is 0.243. The summed E-state index contributed by atoms with van der Waals surface area (Å²) in [6.45, 7) is 1.88. The van der Waals surface area contributed by atoms with Crippen molar-refractivity contribution in [1.82, 2.24) is 5.32 Å². The Hall–Kier alpha value is -1.21. The Morgan fingerprint density at radius 3 is 2.81 bits per heavy atom. The third-order valence-electron chi connectivity index (χ3n) is 3.33. The first kappa shape index (κ1) is 16.2. The molecule has 1 saturated heterocycles. The van der Waals surface area contributed by atoms with Crippen LogP contribution >= 0.6 is 11.8 Å². The lowest BCUT2D eigenvalue weighted by Crippen LogP contribution is -2.15. The second-order valence-electron chi connectivity index (χ2n) is 4.99. The molecule has 0 saturated carbocycles. The number of carbonyl (C=O) groups excluding carboxylic acids is 1. The molecule has 0 bridgehead atoms. The van der Waals surface area contributed by atoms with Gasteiger partial charge in [0.2, 0.25) is 5.91 Å². The maximum Gasteiger partial charge on any atom is 0.446 e. The standard InChI is InChI=1S/C14H17F3N2OS/c15-14(16,17)21-12-4-2-1-3-11(12)19-13(20)6-5-10-7-8-18-9-10/h1-4,10,18H,5-9H2,(H,19,20). The highest BCUT2D eigenvalue weighted by Crippen LogP contribution is 2.40. The topological polar surface area (TPSA) is 41.1 Å². The fourth-order valence-electron chi connectivity index (χ4n) is 2.29. The second-order valence-corrected chi connectivity index (χ2v) is 6.10. The zero-order chi connectivity index (χ0) is 15.3. The van der Waals surface area contributed by atoms with Crippen LogP contribution in [0.5, 0.6) is 0 Å². The summed E-state index contributed by atoms with van der Waals surface area (Å²) in [7, 11) is 0. The summed E-state index contributed by atoms with van der Waals surface area (Å²) in [5.41, 5.74) is -4.15. The number of anilines is 1. The molecule has 1 aliphatic heterocycles. The molecule has 0 aliphatic carbocycles. The van der Waals surface area contributed by atoms with E-state index in [4.69, 9.17) is 0 Å². The molecule has 3 nitrogen and oxygen atoms in total. The number of hydrogen-bond acceptors (Lipinski definition) is 3. The van der Waals surface area contributed by atoms with Crippen LogP contribution in [0.25, 0.3) is 0 Å². The molecule has 21 heavy (non-hydrogen) atoms. The summed E-state index contributed by atoms with van der Waals surface area (Å²) in [5, 5.41) is 5.80. The molecule has 1 atom stereocenters. The maximum absolute atomic E-state index is 12.5. The summed E-state index contributed by atoms with van der Waals surface area (Å²) in [6, 6.07) is 5.97. The second kappa shape index (κ2) is 7.17. The Bertz CT molecular complexity index is 487. The minimum Gasteiger partial charge on any atom is -0.325 e. The summed E-state index contributed by atoms with van der Waals surface area (Å²) in [6.07, 6.45) is 2.14. The number of halogens is 3. The van der Waals surface area contributed by atoms with Gasteiger partial charge in [-0.2, -0.15) is 13.2 Å². The van der Waals surface area contributed by atoms with Crippen LogP contribution in [0, 0.1) is 5.92 Å². The Balaban J connectivity index is 1.90. The van der Waals surface area contributed by atoms with Gasteiger partial charge < -0.3 is 10.6 Å². The molecule has 0 aromatic heterocycles. The highest BCUT2D eigenvalue weighted by Gasteiger charge is 2.30. The van der Waals surface area contributed by atoms with E-state index in [-0.39, 0.29) is 28.3 Å². The van der Waals surface area contributed by atoms with Crippen molar-refractivity contribution in [2.24, 2.45) is 5.92 Å². The van der Waals surface area contributed by atoms with Crippen molar-refractivity contribution in [2.75, 3.05) is 18.4 Å². The lowest BCUT2D eigenvalue weighted by molar-refractivity contribution is -0.116. The Morgan fingerprint density at radius 2 is 2.14 bits per heavy atom. The van der Waals surface area contributed by atoms with Gasteiger partial charge in [-0.25, -0.2) is 0 Å². The zero-order valence-electron chi connectivity index (χ0n) is 11.4. The van der Waals surface area contributed by atoms with Gasteiger partial charge >= 0.3 is 5.51 Å². The number of para-hydroxylation sites is 1. The third kappa shape index (κ3) is 5.59. The average Bonchev–Trinajstić information content (AvgIpc) is 2.90. The summed E-state index contributed by atoms with van der Waals surface area (Å²) < 4.78 is 37.4. The molecule has 2 rings (SSSR count). The van der Waals surface area contributed by atoms with Crippen LogP contribution in [-0.2, 0) is 4.79 Å². The molecule has 1 amide bonds. The molecule has 0 radical (unpaired) electrons. The quantitative estimate of drug-likeness (QED) is 0.815. The van der Waals surface area contributed by atoms with E-state index in [0.717, 1.165) is 25.9 Å². The molecule has 116 valence electrons. The van der Waals surface area contributed by atoms with Crippen molar-refractivity contribution in [3.8, 4) is 0 Å². The number of benzene rings is 1. The number of alkyl halides is 3. The van der Waals surface area contributed by atoms with E-state index < -0.39 is 5.51 Å². The van der Waals surface area contributed by atoms with Crippen LogP contribution in [0.2, 0.25) is 0 Å². The van der Waals surface area contributed by atoms with Gasteiger partial charge in [0.15, 0.2) is 0 Å². The van der Waals surface area contributed by atoms with E-state index in [1.165, 1.54) is 18.2 Å². The monoisotopic (exact) mass is 318 g/mol. The summed E-state index contributed by atoms with van der Waals surface area (Å²) >= 11 is -0.212. The molecule has 1 heterocycles. The van der Waals surface area contributed by atoms with Crippen LogP contribution in [0.4, 0.5) is 18.9 Å². The van der Waals surface area contributed by atoms with Gasteiger partial charge in [0.25, 0.3) is 0 Å². The van der Waals surface area contributed by atoms with E-state index >= 15 is 0 Å². The molecule has 0 spiro atoms. The van der Waals surface area contributed by atoms with E-state index in [1.807, 2.05) is 0 Å². The average molecular weight is 318 g/mol. The first-order chi connectivity index (χ1) is 9.94. The molecular weight excluding hydrogens is 301 g/mol. The SMILES string of the molecule is O=C(CCC1CCNC1)Nc1ccccc1SC(F)(F)F. The summed E-state index contributed by atoms with van der Waals surface area (Å²) in [4.78, 5) is 11.9. The lowest BCUT2D eigenvalue weighted by Gasteiger charge is -2.13. The molecular formula is C14H17F3N2OS. The third-order valence-corrected chi connectivity index (χ3v) is 4.14. The van der Waals surface area contributed by atoms with Gasteiger partial charge in [0.05, 0.1) is 5.69 Å². The zero-order valence-corrected chi connectivity index (χ0v) is 12.2. The van der Waals surface area contributed by atoms with Crippen molar-refractivity contribution in [3.05, 3.63) is 24.3 Å². The lowest BCUT2D eigenvalue weighted by atomic mass is 10.0. The Labute approximate surface area is 125 Å². The largest absolute Gasteiger partial charge is 0.446 e. The van der Waals surface area contributed by atoms with Crippen molar-refractivity contribution in [3.63, 3.8) is 0 Å². The van der Waals surface area contributed by atoms with E-state index in [0.29, 0.717) is 12.3 Å². The van der Waals surface area contributed by atoms with Crippen LogP contribution in [0.15, 0.2) is 29.2 Å². The minimum atomic E-state index is -4.36. The highest BCUT2D eigenvalue weighted by molar-refractivity contribution is 8.00. The van der Waals surface area contributed by atoms with E-state index in [1.54, 1.807) is 6.07 Å². The fourth-order valence-corrected chi connectivity index (χ4v) is 2.92. The molecule has 1 unspecified atom stereocenters. The Kier molecular flexibility index (Phi) is 5.52. The molecule has 1 aromatic carbocycles. The number of nitrogens with one attached hydrogen (secondary N) is 2. The van der Waals surface area contributed by atoms with Gasteiger partial charge in [0, 0.05) is 11.3 Å². The number of carbonyl (C=O) groups is 1. The van der Waals surface area contributed by atoms with Crippen LogP contribution in [-0.4, -0.2) is 24.5 Å². The first-order valence-electron chi connectivity index (χ1n) is 6.79. The van der Waals surface area contributed by atoms with Crippen LogP contribution < -0.4 is 10.6 Å². The molecule has 1 aromatic rings. The van der Waals surface area contributed by atoms with Crippen molar-refractivity contribution in [2.45, 2.75) is 29.7 Å².